The Balaban J connectivity index is 1.75. The van der Waals surface area contributed by atoms with E-state index in [9.17, 15) is 9.59 Å². The number of nitrogens with one attached hydrogen (secondary N) is 1. The first kappa shape index (κ1) is 23.2. The second-order valence-corrected chi connectivity index (χ2v) is 8.28. The topological polar surface area (TPSA) is 77.5 Å². The number of esters is 1. The van der Waals surface area contributed by atoms with Crippen molar-refractivity contribution in [3.8, 4) is 17.0 Å². The maximum atomic E-state index is 12.5. The molecule has 7 heteroatoms. The third-order valence-corrected chi connectivity index (χ3v) is 5.21. The van der Waals surface area contributed by atoms with Gasteiger partial charge in [-0.25, -0.2) is 4.98 Å². The number of amides is 1. The largest absolute Gasteiger partial charge is 0.491 e. The van der Waals surface area contributed by atoms with Crippen molar-refractivity contribution in [2.75, 3.05) is 11.9 Å². The average Bonchev–Trinajstić information content (AvgIpc) is 3.14. The van der Waals surface area contributed by atoms with Crippen LogP contribution in [-0.4, -0.2) is 29.6 Å². The van der Waals surface area contributed by atoms with Crippen molar-refractivity contribution in [3.05, 3.63) is 71.1 Å². The molecule has 0 unspecified atom stereocenters. The molecule has 1 aromatic heterocycles. The molecule has 3 rings (SSSR count). The van der Waals surface area contributed by atoms with Crippen LogP contribution in [-0.2, 0) is 20.7 Å². The van der Waals surface area contributed by atoms with Crippen LogP contribution in [0.15, 0.2) is 60.7 Å². The lowest BCUT2D eigenvalue weighted by molar-refractivity contribution is -0.142. The Morgan fingerprint density at radius 3 is 2.62 bits per heavy atom. The zero-order valence-electron chi connectivity index (χ0n) is 18.3. The standard InChI is InChI=1S/C25H26N2O4S/c1-4-30-23(29)16-21-24(19-10-6-5-7-11-19)27-25(32-21)26-22(28)14-13-18-9-8-12-20(15-18)31-17(2)3/h5-15,17H,4,16H2,1-3H3,(H,26,27,28)/b14-13+. The summed E-state index contributed by atoms with van der Waals surface area (Å²) in [5, 5.41) is 3.22. The molecule has 2 aromatic carbocycles. The van der Waals surface area contributed by atoms with Crippen molar-refractivity contribution in [1.29, 1.82) is 0 Å². The van der Waals surface area contributed by atoms with E-state index in [4.69, 9.17) is 9.47 Å². The SMILES string of the molecule is CCOC(=O)Cc1sc(NC(=O)/C=C/c2cccc(OC(C)C)c2)nc1-c1ccccc1. The molecule has 166 valence electrons. The van der Waals surface area contributed by atoms with E-state index in [1.807, 2.05) is 68.4 Å². The molecule has 0 radical (unpaired) electrons. The van der Waals surface area contributed by atoms with Gasteiger partial charge in [-0.1, -0.05) is 42.5 Å². The van der Waals surface area contributed by atoms with Gasteiger partial charge in [-0.3, -0.25) is 14.9 Å². The first-order chi connectivity index (χ1) is 15.4. The summed E-state index contributed by atoms with van der Waals surface area (Å²) >= 11 is 1.27. The molecule has 0 aliphatic carbocycles. The zero-order chi connectivity index (χ0) is 22.9. The van der Waals surface area contributed by atoms with Crippen LogP contribution in [0.1, 0.15) is 31.2 Å². The van der Waals surface area contributed by atoms with E-state index in [1.165, 1.54) is 17.4 Å². The Kier molecular flexibility index (Phi) is 8.16. The fraction of sp³-hybridized carbons (Fsp3) is 0.240. The van der Waals surface area contributed by atoms with Gasteiger partial charge in [0.15, 0.2) is 5.13 Å². The molecule has 0 aliphatic rings. The Labute approximate surface area is 191 Å². The van der Waals surface area contributed by atoms with E-state index in [0.717, 1.165) is 21.8 Å². The molecule has 1 heterocycles. The van der Waals surface area contributed by atoms with Crippen LogP contribution < -0.4 is 10.1 Å². The Morgan fingerprint density at radius 2 is 1.91 bits per heavy atom. The highest BCUT2D eigenvalue weighted by atomic mass is 32.1. The second kappa shape index (κ2) is 11.2. The molecule has 0 bridgehead atoms. The van der Waals surface area contributed by atoms with Crippen molar-refractivity contribution in [3.63, 3.8) is 0 Å². The first-order valence-electron chi connectivity index (χ1n) is 10.4. The quantitative estimate of drug-likeness (QED) is 0.351. The number of hydrogen-bond donors (Lipinski definition) is 1. The molecule has 3 aromatic rings. The third-order valence-electron chi connectivity index (χ3n) is 4.24. The van der Waals surface area contributed by atoms with Gasteiger partial charge in [0.2, 0.25) is 5.91 Å². The summed E-state index contributed by atoms with van der Waals surface area (Å²) in [7, 11) is 0. The lowest BCUT2D eigenvalue weighted by Gasteiger charge is -2.09. The van der Waals surface area contributed by atoms with Crippen molar-refractivity contribution in [2.45, 2.75) is 33.3 Å². The number of anilines is 1. The van der Waals surface area contributed by atoms with E-state index in [0.29, 0.717) is 17.4 Å². The molecule has 0 fully saturated rings. The number of carbonyl (C=O) groups is 2. The number of ether oxygens (including phenoxy) is 2. The predicted molar refractivity (Wildman–Crippen MR) is 128 cm³/mol. The monoisotopic (exact) mass is 450 g/mol. The van der Waals surface area contributed by atoms with Gasteiger partial charge in [0.05, 0.1) is 24.8 Å². The smallest absolute Gasteiger partial charge is 0.311 e. The van der Waals surface area contributed by atoms with Gasteiger partial charge < -0.3 is 9.47 Å². The average molecular weight is 451 g/mol. The van der Waals surface area contributed by atoms with Crippen molar-refractivity contribution in [1.82, 2.24) is 4.98 Å². The Hall–Kier alpha value is -3.45. The highest BCUT2D eigenvalue weighted by Crippen LogP contribution is 2.32. The lowest BCUT2D eigenvalue weighted by Crippen LogP contribution is -2.07. The normalized spacial score (nSPS) is 11.0. The Bertz CT molecular complexity index is 1090. The van der Waals surface area contributed by atoms with E-state index >= 15 is 0 Å². The lowest BCUT2D eigenvalue weighted by atomic mass is 10.1. The maximum absolute atomic E-state index is 12.5. The van der Waals surface area contributed by atoms with Gasteiger partial charge in [0, 0.05) is 16.5 Å². The highest BCUT2D eigenvalue weighted by Gasteiger charge is 2.17. The van der Waals surface area contributed by atoms with Gasteiger partial charge in [-0.15, -0.1) is 11.3 Å². The molecule has 1 amide bonds. The van der Waals surface area contributed by atoms with Crippen molar-refractivity contribution >= 4 is 34.4 Å². The molecule has 0 saturated carbocycles. The number of hydrogen-bond acceptors (Lipinski definition) is 6. The van der Waals surface area contributed by atoms with Gasteiger partial charge in [-0.05, 0) is 44.5 Å². The number of carbonyl (C=O) groups excluding carboxylic acids is 2. The van der Waals surface area contributed by atoms with Crippen LogP contribution in [0.3, 0.4) is 0 Å². The highest BCUT2D eigenvalue weighted by molar-refractivity contribution is 7.16. The zero-order valence-corrected chi connectivity index (χ0v) is 19.1. The van der Waals surface area contributed by atoms with Crippen LogP contribution in [0, 0.1) is 0 Å². The van der Waals surface area contributed by atoms with Crippen LogP contribution in [0.2, 0.25) is 0 Å². The number of nitrogens with zero attached hydrogens (tertiary/aromatic N) is 1. The summed E-state index contributed by atoms with van der Waals surface area (Å²) in [6, 6.07) is 17.1. The molecule has 0 saturated heterocycles. The number of rotatable bonds is 9. The minimum atomic E-state index is -0.324. The summed E-state index contributed by atoms with van der Waals surface area (Å²) in [5.41, 5.74) is 2.40. The number of thiazole rings is 1. The van der Waals surface area contributed by atoms with Gasteiger partial charge in [0.25, 0.3) is 0 Å². The van der Waals surface area contributed by atoms with Gasteiger partial charge in [-0.2, -0.15) is 0 Å². The minimum Gasteiger partial charge on any atom is -0.491 e. The molecule has 0 aliphatic heterocycles. The van der Waals surface area contributed by atoms with Crippen LogP contribution in [0.4, 0.5) is 5.13 Å². The third kappa shape index (κ3) is 6.78. The number of aromatic nitrogens is 1. The fourth-order valence-corrected chi connectivity index (χ4v) is 3.94. The molecular formula is C25H26N2O4S. The summed E-state index contributed by atoms with van der Waals surface area (Å²) in [4.78, 5) is 29.8. The molecule has 1 N–H and O–H groups in total. The Morgan fingerprint density at radius 1 is 1.12 bits per heavy atom. The molecule has 0 atom stereocenters. The fourth-order valence-electron chi connectivity index (χ4n) is 2.97. The van der Waals surface area contributed by atoms with Crippen LogP contribution >= 0.6 is 11.3 Å². The molecule has 0 spiro atoms. The summed E-state index contributed by atoms with van der Waals surface area (Å²) in [5.74, 6) is 0.115. The minimum absolute atomic E-state index is 0.0741. The van der Waals surface area contributed by atoms with E-state index in [-0.39, 0.29) is 24.4 Å². The van der Waals surface area contributed by atoms with E-state index in [2.05, 4.69) is 10.3 Å². The first-order valence-corrected chi connectivity index (χ1v) is 11.2. The van der Waals surface area contributed by atoms with Gasteiger partial charge in [0.1, 0.15) is 5.75 Å². The molecule has 6 nitrogen and oxygen atoms in total. The second-order valence-electron chi connectivity index (χ2n) is 7.20. The van der Waals surface area contributed by atoms with E-state index in [1.54, 1.807) is 13.0 Å². The van der Waals surface area contributed by atoms with E-state index < -0.39 is 0 Å². The van der Waals surface area contributed by atoms with Crippen molar-refractivity contribution < 1.29 is 19.1 Å². The summed E-state index contributed by atoms with van der Waals surface area (Å²) in [6.07, 6.45) is 3.34. The maximum Gasteiger partial charge on any atom is 0.311 e. The number of benzene rings is 2. The summed E-state index contributed by atoms with van der Waals surface area (Å²) < 4.78 is 10.8. The summed E-state index contributed by atoms with van der Waals surface area (Å²) in [6.45, 7) is 6.01. The van der Waals surface area contributed by atoms with Crippen LogP contribution in [0.5, 0.6) is 5.75 Å². The molecular weight excluding hydrogens is 424 g/mol. The predicted octanol–water partition coefficient (Wildman–Crippen LogP) is 5.35. The van der Waals surface area contributed by atoms with Gasteiger partial charge >= 0.3 is 5.97 Å². The van der Waals surface area contributed by atoms with Crippen LogP contribution in [0.25, 0.3) is 17.3 Å². The van der Waals surface area contributed by atoms with Crippen molar-refractivity contribution in [2.24, 2.45) is 0 Å². The molecule has 32 heavy (non-hydrogen) atoms.